The maximum Gasteiger partial charge on any atom is 0.252 e. The molecule has 0 unspecified atom stereocenters. The highest BCUT2D eigenvalue weighted by atomic mass is 79.9. The molecular formula is C15H19BrClNO. The summed E-state index contributed by atoms with van der Waals surface area (Å²) < 4.78 is 0.885. The van der Waals surface area contributed by atoms with Crippen LogP contribution in [0.25, 0.3) is 0 Å². The maximum absolute atomic E-state index is 12.0. The zero-order chi connectivity index (χ0) is 13.7. The van der Waals surface area contributed by atoms with Gasteiger partial charge >= 0.3 is 0 Å². The summed E-state index contributed by atoms with van der Waals surface area (Å²) in [6, 6.07) is 5.34. The van der Waals surface area contributed by atoms with Crippen LogP contribution in [0.2, 0.25) is 5.02 Å². The lowest BCUT2D eigenvalue weighted by Crippen LogP contribution is -2.26. The van der Waals surface area contributed by atoms with Crippen molar-refractivity contribution in [3.63, 3.8) is 0 Å². The van der Waals surface area contributed by atoms with Crippen molar-refractivity contribution in [1.82, 2.24) is 5.32 Å². The van der Waals surface area contributed by atoms with Crippen LogP contribution in [0, 0.1) is 5.92 Å². The smallest absolute Gasteiger partial charge is 0.252 e. The van der Waals surface area contributed by atoms with Crippen LogP contribution in [-0.4, -0.2) is 12.5 Å². The molecule has 1 aromatic carbocycles. The van der Waals surface area contributed by atoms with Crippen LogP contribution in [0.15, 0.2) is 22.7 Å². The van der Waals surface area contributed by atoms with Crippen LogP contribution in [0.5, 0.6) is 0 Å². The van der Waals surface area contributed by atoms with E-state index in [1.165, 1.54) is 32.1 Å². The highest BCUT2D eigenvalue weighted by molar-refractivity contribution is 9.10. The van der Waals surface area contributed by atoms with Gasteiger partial charge in [-0.1, -0.05) is 59.6 Å². The van der Waals surface area contributed by atoms with Crippen molar-refractivity contribution >= 4 is 33.4 Å². The Morgan fingerprint density at radius 2 is 2.05 bits per heavy atom. The van der Waals surface area contributed by atoms with Gasteiger partial charge in [0.1, 0.15) is 0 Å². The average Bonchev–Trinajstić information content (AvgIpc) is 2.39. The van der Waals surface area contributed by atoms with Crippen molar-refractivity contribution in [3.8, 4) is 0 Å². The average molecular weight is 345 g/mol. The van der Waals surface area contributed by atoms with Gasteiger partial charge in [0.15, 0.2) is 0 Å². The van der Waals surface area contributed by atoms with E-state index in [2.05, 4.69) is 21.2 Å². The first-order chi connectivity index (χ1) is 9.16. The third kappa shape index (κ3) is 4.50. The Balaban J connectivity index is 1.80. The quantitative estimate of drug-likeness (QED) is 0.835. The van der Waals surface area contributed by atoms with Gasteiger partial charge in [-0.3, -0.25) is 4.79 Å². The summed E-state index contributed by atoms with van der Waals surface area (Å²) in [4.78, 5) is 12.0. The second-order valence-electron chi connectivity index (χ2n) is 5.17. The summed E-state index contributed by atoms with van der Waals surface area (Å²) in [5, 5.41) is 3.46. The zero-order valence-corrected chi connectivity index (χ0v) is 13.3. The van der Waals surface area contributed by atoms with Crippen molar-refractivity contribution in [2.45, 2.75) is 38.5 Å². The van der Waals surface area contributed by atoms with Gasteiger partial charge in [0.25, 0.3) is 5.91 Å². The van der Waals surface area contributed by atoms with Gasteiger partial charge < -0.3 is 5.32 Å². The standard InChI is InChI=1S/C15H19BrClNO/c16-12-6-7-13(14(17)10-12)15(19)18-9-8-11-4-2-1-3-5-11/h6-7,10-11H,1-5,8-9H2,(H,18,19). The number of benzene rings is 1. The van der Waals surface area contributed by atoms with Crippen molar-refractivity contribution in [1.29, 1.82) is 0 Å². The van der Waals surface area contributed by atoms with Crippen molar-refractivity contribution in [2.24, 2.45) is 5.92 Å². The predicted molar refractivity (Wildman–Crippen MR) is 82.7 cm³/mol. The van der Waals surface area contributed by atoms with E-state index in [-0.39, 0.29) is 5.91 Å². The molecule has 0 spiro atoms. The van der Waals surface area contributed by atoms with Crippen LogP contribution < -0.4 is 5.32 Å². The Kier molecular flexibility index (Phi) is 5.71. The van der Waals surface area contributed by atoms with E-state index in [4.69, 9.17) is 11.6 Å². The molecule has 1 aliphatic carbocycles. The number of hydrogen-bond donors (Lipinski definition) is 1. The predicted octanol–water partition coefficient (Wildman–Crippen LogP) is 4.80. The monoisotopic (exact) mass is 343 g/mol. The molecule has 104 valence electrons. The second kappa shape index (κ2) is 7.30. The minimum absolute atomic E-state index is 0.0756. The van der Waals surface area contributed by atoms with Crippen molar-refractivity contribution < 1.29 is 4.79 Å². The molecule has 1 aliphatic rings. The zero-order valence-electron chi connectivity index (χ0n) is 10.9. The Morgan fingerprint density at radius 1 is 1.32 bits per heavy atom. The van der Waals surface area contributed by atoms with Gasteiger partial charge in [0.05, 0.1) is 10.6 Å². The lowest BCUT2D eigenvalue weighted by Gasteiger charge is -2.21. The molecule has 4 heteroatoms. The van der Waals surface area contributed by atoms with E-state index in [9.17, 15) is 4.79 Å². The first kappa shape index (κ1) is 14.9. The molecule has 0 aliphatic heterocycles. The Labute approximate surface area is 128 Å². The number of amides is 1. The fourth-order valence-corrected chi connectivity index (χ4v) is 3.39. The van der Waals surface area contributed by atoms with Crippen LogP contribution in [0.3, 0.4) is 0 Å². The molecular weight excluding hydrogens is 326 g/mol. The van der Waals surface area contributed by atoms with Gasteiger partial charge in [-0.15, -0.1) is 0 Å². The largest absolute Gasteiger partial charge is 0.352 e. The fraction of sp³-hybridized carbons (Fsp3) is 0.533. The molecule has 0 atom stereocenters. The third-order valence-electron chi connectivity index (χ3n) is 3.74. The van der Waals surface area contributed by atoms with Gasteiger partial charge in [-0.25, -0.2) is 0 Å². The number of nitrogens with one attached hydrogen (secondary N) is 1. The van der Waals surface area contributed by atoms with E-state index in [1.54, 1.807) is 12.1 Å². The Bertz CT molecular complexity index is 444. The van der Waals surface area contributed by atoms with Crippen molar-refractivity contribution in [3.05, 3.63) is 33.3 Å². The minimum atomic E-state index is -0.0756. The van der Waals surface area contributed by atoms with Gasteiger partial charge in [0, 0.05) is 11.0 Å². The molecule has 1 amide bonds. The maximum atomic E-state index is 12.0. The first-order valence-electron chi connectivity index (χ1n) is 6.90. The molecule has 0 heterocycles. The third-order valence-corrected chi connectivity index (χ3v) is 4.54. The normalized spacial score (nSPS) is 16.3. The summed E-state index contributed by atoms with van der Waals surface area (Å²) in [6.45, 7) is 0.746. The Hall–Kier alpha value is -0.540. The summed E-state index contributed by atoms with van der Waals surface area (Å²) in [7, 11) is 0. The Morgan fingerprint density at radius 3 is 2.74 bits per heavy atom. The van der Waals surface area contributed by atoms with Crippen LogP contribution in [0.4, 0.5) is 0 Å². The molecule has 1 N–H and O–H groups in total. The molecule has 1 fully saturated rings. The topological polar surface area (TPSA) is 29.1 Å². The molecule has 0 radical (unpaired) electrons. The molecule has 1 saturated carbocycles. The fourth-order valence-electron chi connectivity index (χ4n) is 2.63. The number of carbonyl (C=O) groups is 1. The first-order valence-corrected chi connectivity index (χ1v) is 8.07. The van der Waals surface area contributed by atoms with Crippen molar-refractivity contribution in [2.75, 3.05) is 6.54 Å². The highest BCUT2D eigenvalue weighted by Crippen LogP contribution is 2.26. The van der Waals surface area contributed by atoms with E-state index in [1.807, 2.05) is 6.07 Å². The number of hydrogen-bond acceptors (Lipinski definition) is 1. The molecule has 1 aromatic rings. The van der Waals surface area contributed by atoms with Crippen LogP contribution in [-0.2, 0) is 0 Å². The minimum Gasteiger partial charge on any atom is -0.352 e. The molecule has 0 saturated heterocycles. The number of halogens is 2. The molecule has 2 rings (SSSR count). The van der Waals surface area contributed by atoms with E-state index in [0.717, 1.165) is 23.4 Å². The second-order valence-corrected chi connectivity index (χ2v) is 6.50. The lowest BCUT2D eigenvalue weighted by molar-refractivity contribution is 0.0950. The van der Waals surface area contributed by atoms with E-state index < -0.39 is 0 Å². The van der Waals surface area contributed by atoms with Crippen LogP contribution in [0.1, 0.15) is 48.9 Å². The van der Waals surface area contributed by atoms with Gasteiger partial charge in [0.2, 0.25) is 0 Å². The molecule has 0 aromatic heterocycles. The van der Waals surface area contributed by atoms with Gasteiger partial charge in [-0.2, -0.15) is 0 Å². The molecule has 19 heavy (non-hydrogen) atoms. The lowest BCUT2D eigenvalue weighted by atomic mass is 9.87. The molecule has 0 bridgehead atoms. The van der Waals surface area contributed by atoms with E-state index in [0.29, 0.717) is 10.6 Å². The van der Waals surface area contributed by atoms with Gasteiger partial charge in [-0.05, 0) is 30.5 Å². The highest BCUT2D eigenvalue weighted by Gasteiger charge is 2.14. The van der Waals surface area contributed by atoms with Crippen LogP contribution >= 0.6 is 27.5 Å². The summed E-state index contributed by atoms with van der Waals surface area (Å²) in [5.41, 5.74) is 0.550. The summed E-state index contributed by atoms with van der Waals surface area (Å²) in [5.74, 6) is 0.711. The SMILES string of the molecule is O=C(NCCC1CCCCC1)c1ccc(Br)cc1Cl. The summed E-state index contributed by atoms with van der Waals surface area (Å²) in [6.07, 6.45) is 7.77. The number of carbonyl (C=O) groups excluding carboxylic acids is 1. The van der Waals surface area contributed by atoms with E-state index >= 15 is 0 Å². The number of rotatable bonds is 4. The molecule has 2 nitrogen and oxygen atoms in total. The summed E-state index contributed by atoms with van der Waals surface area (Å²) >= 11 is 9.40.